The van der Waals surface area contributed by atoms with Gasteiger partial charge in [-0.25, -0.2) is 0 Å². The van der Waals surface area contributed by atoms with Crippen molar-refractivity contribution in [2.45, 2.75) is 66.5 Å². The topological polar surface area (TPSA) is 0 Å². The van der Waals surface area contributed by atoms with E-state index in [0.717, 1.165) is 12.1 Å². The van der Waals surface area contributed by atoms with Gasteiger partial charge < -0.3 is 8.97 Å². The van der Waals surface area contributed by atoms with E-state index in [9.17, 15) is 0 Å². The van der Waals surface area contributed by atoms with Crippen LogP contribution in [0.5, 0.6) is 0 Å². The lowest BCUT2D eigenvalue weighted by Gasteiger charge is -2.41. The highest BCUT2D eigenvalue weighted by Gasteiger charge is 2.26. The van der Waals surface area contributed by atoms with Gasteiger partial charge in [-0.05, 0) is 41.5 Å². The molecule has 0 aromatic rings. The minimum Gasteiger partial charge on any atom is -0.326 e. The standard InChI is InChI=1S/C9H22N.C7H16N/c1-7-10(6,8(2)3)9(4)5;1-3-8(2)6-4-5-7-8/h8-9H,7H2,1-6H3;3-7H2,1-2H3/q2*+1. The molecule has 0 bridgehead atoms. The second-order valence-electron chi connectivity index (χ2n) is 6.94. The molecule has 1 fully saturated rings. The van der Waals surface area contributed by atoms with Gasteiger partial charge in [0.15, 0.2) is 0 Å². The fourth-order valence-electron chi connectivity index (χ4n) is 2.74. The van der Waals surface area contributed by atoms with Crippen molar-refractivity contribution in [1.29, 1.82) is 0 Å². The lowest BCUT2D eigenvalue weighted by atomic mass is 10.2. The third-order valence-electron chi connectivity index (χ3n) is 5.45. The molecule has 18 heavy (non-hydrogen) atoms. The van der Waals surface area contributed by atoms with Gasteiger partial charge in [-0.15, -0.1) is 0 Å². The zero-order valence-electron chi connectivity index (χ0n) is 14.3. The molecule has 0 radical (unpaired) electrons. The van der Waals surface area contributed by atoms with Crippen molar-refractivity contribution in [3.05, 3.63) is 0 Å². The molecule has 1 aliphatic heterocycles. The monoisotopic (exact) mass is 258 g/mol. The van der Waals surface area contributed by atoms with Gasteiger partial charge in [0.2, 0.25) is 0 Å². The first-order valence-corrected chi connectivity index (χ1v) is 7.90. The van der Waals surface area contributed by atoms with Crippen molar-refractivity contribution >= 4 is 0 Å². The number of likely N-dealkylation sites (tertiary alicyclic amines) is 1. The highest BCUT2D eigenvalue weighted by Crippen LogP contribution is 2.15. The molecule has 0 aromatic heterocycles. The highest BCUT2D eigenvalue weighted by molar-refractivity contribution is 4.49. The summed E-state index contributed by atoms with van der Waals surface area (Å²) in [6.07, 6.45) is 2.90. The normalized spacial score (nSPS) is 19.0. The summed E-state index contributed by atoms with van der Waals surface area (Å²) < 4.78 is 2.50. The molecule has 0 aliphatic carbocycles. The van der Waals surface area contributed by atoms with E-state index in [1.165, 1.54) is 48.0 Å². The Labute approximate surface area is 116 Å². The second kappa shape index (κ2) is 7.49. The maximum atomic E-state index is 2.35. The van der Waals surface area contributed by atoms with Crippen LogP contribution in [0.3, 0.4) is 0 Å². The Hall–Kier alpha value is -0.0800. The molecule has 1 saturated heterocycles. The van der Waals surface area contributed by atoms with Crippen LogP contribution in [-0.2, 0) is 0 Å². The second-order valence-corrected chi connectivity index (χ2v) is 6.94. The van der Waals surface area contributed by atoms with E-state index in [2.05, 4.69) is 55.6 Å². The summed E-state index contributed by atoms with van der Waals surface area (Å²) >= 11 is 0. The lowest BCUT2D eigenvalue weighted by molar-refractivity contribution is -0.947. The summed E-state index contributed by atoms with van der Waals surface area (Å²) in [6, 6.07) is 1.48. The molecule has 1 aliphatic rings. The molecule has 0 N–H and O–H groups in total. The molecule has 0 aromatic carbocycles. The van der Waals surface area contributed by atoms with E-state index in [-0.39, 0.29) is 0 Å². The Balaban J connectivity index is 0.000000327. The van der Waals surface area contributed by atoms with Crippen LogP contribution >= 0.6 is 0 Å². The Morgan fingerprint density at radius 3 is 1.44 bits per heavy atom. The van der Waals surface area contributed by atoms with E-state index in [4.69, 9.17) is 0 Å². The van der Waals surface area contributed by atoms with Crippen LogP contribution < -0.4 is 0 Å². The van der Waals surface area contributed by atoms with Gasteiger partial charge in [-0.2, -0.15) is 0 Å². The van der Waals surface area contributed by atoms with Crippen LogP contribution in [-0.4, -0.2) is 61.3 Å². The van der Waals surface area contributed by atoms with Crippen LogP contribution in [0, 0.1) is 0 Å². The van der Waals surface area contributed by atoms with Gasteiger partial charge in [0, 0.05) is 12.8 Å². The Morgan fingerprint density at radius 1 is 0.944 bits per heavy atom. The van der Waals surface area contributed by atoms with E-state index in [1.807, 2.05) is 0 Å². The van der Waals surface area contributed by atoms with Gasteiger partial charge in [0.05, 0.1) is 52.4 Å². The molecule has 0 saturated carbocycles. The highest BCUT2D eigenvalue weighted by atomic mass is 15.4. The smallest absolute Gasteiger partial charge is 0.0833 e. The summed E-state index contributed by atoms with van der Waals surface area (Å²) in [5.74, 6) is 0. The maximum Gasteiger partial charge on any atom is 0.0833 e. The number of hydrogen-bond donors (Lipinski definition) is 0. The molecule has 2 heteroatoms. The molecule has 0 atom stereocenters. The maximum absolute atomic E-state index is 2.35. The van der Waals surface area contributed by atoms with Crippen molar-refractivity contribution in [1.82, 2.24) is 0 Å². The SMILES string of the molecule is CC[N+](C)(C(C)C)C(C)C.CC[N+]1(C)CCCC1. The molecule has 1 rings (SSSR count). The molecule has 110 valence electrons. The average Bonchev–Trinajstić information content (AvgIpc) is 2.76. The predicted molar refractivity (Wildman–Crippen MR) is 82.7 cm³/mol. The largest absolute Gasteiger partial charge is 0.326 e. The molecular weight excluding hydrogens is 220 g/mol. The number of rotatable bonds is 4. The Morgan fingerprint density at radius 2 is 1.33 bits per heavy atom. The van der Waals surface area contributed by atoms with Crippen molar-refractivity contribution in [2.24, 2.45) is 0 Å². The Kier molecular flexibility index (Phi) is 7.46. The first-order valence-electron chi connectivity index (χ1n) is 7.90. The van der Waals surface area contributed by atoms with Crippen LogP contribution in [0.4, 0.5) is 0 Å². The third-order valence-corrected chi connectivity index (χ3v) is 5.45. The van der Waals surface area contributed by atoms with Gasteiger partial charge in [0.25, 0.3) is 0 Å². The average molecular weight is 258 g/mol. The molecule has 2 nitrogen and oxygen atoms in total. The van der Waals surface area contributed by atoms with Gasteiger partial charge in [0.1, 0.15) is 0 Å². The van der Waals surface area contributed by atoms with Crippen LogP contribution in [0.1, 0.15) is 54.4 Å². The van der Waals surface area contributed by atoms with Crippen LogP contribution in [0.25, 0.3) is 0 Å². The summed E-state index contributed by atoms with van der Waals surface area (Å²) in [5, 5.41) is 0. The first kappa shape index (κ1) is 17.9. The van der Waals surface area contributed by atoms with Gasteiger partial charge >= 0.3 is 0 Å². The molecular formula is C16H38N2+2. The molecule has 0 unspecified atom stereocenters. The Bertz CT molecular complexity index is 207. The number of hydrogen-bond acceptors (Lipinski definition) is 0. The summed E-state index contributed by atoms with van der Waals surface area (Å²) in [4.78, 5) is 0. The van der Waals surface area contributed by atoms with E-state index < -0.39 is 0 Å². The summed E-state index contributed by atoms with van der Waals surface area (Å²) in [5.41, 5.74) is 0. The molecule has 0 spiro atoms. The fraction of sp³-hybridized carbons (Fsp3) is 1.00. The number of quaternary nitrogens is 2. The van der Waals surface area contributed by atoms with Gasteiger partial charge in [-0.1, -0.05) is 0 Å². The predicted octanol–water partition coefficient (Wildman–Crippen LogP) is 3.52. The van der Waals surface area contributed by atoms with Crippen molar-refractivity contribution in [2.75, 3.05) is 40.3 Å². The molecule has 0 amide bonds. The quantitative estimate of drug-likeness (QED) is 0.677. The van der Waals surface area contributed by atoms with Gasteiger partial charge in [-0.3, -0.25) is 0 Å². The first-order chi connectivity index (χ1) is 8.22. The number of nitrogens with zero attached hydrogens (tertiary/aromatic N) is 2. The van der Waals surface area contributed by atoms with E-state index >= 15 is 0 Å². The van der Waals surface area contributed by atoms with E-state index in [0.29, 0.717) is 0 Å². The minimum absolute atomic E-state index is 0.741. The molecule has 1 heterocycles. The van der Waals surface area contributed by atoms with Crippen molar-refractivity contribution < 1.29 is 8.97 Å². The minimum atomic E-state index is 0.741. The zero-order chi connectivity index (χ0) is 14.4. The summed E-state index contributed by atoms with van der Waals surface area (Å²) in [6.45, 7) is 19.1. The third kappa shape index (κ3) is 4.89. The van der Waals surface area contributed by atoms with Crippen LogP contribution in [0.15, 0.2) is 0 Å². The summed E-state index contributed by atoms with van der Waals surface area (Å²) in [7, 11) is 4.68. The lowest BCUT2D eigenvalue weighted by Crippen LogP contribution is -2.54. The zero-order valence-corrected chi connectivity index (χ0v) is 14.3. The van der Waals surface area contributed by atoms with E-state index in [1.54, 1.807) is 0 Å². The fourth-order valence-corrected chi connectivity index (χ4v) is 2.74. The van der Waals surface area contributed by atoms with Crippen LogP contribution in [0.2, 0.25) is 0 Å². The van der Waals surface area contributed by atoms with Crippen molar-refractivity contribution in [3.8, 4) is 0 Å². The van der Waals surface area contributed by atoms with Crippen molar-refractivity contribution in [3.63, 3.8) is 0 Å².